The summed E-state index contributed by atoms with van der Waals surface area (Å²) in [5.74, 6) is 0.541. The Morgan fingerprint density at radius 2 is 2.12 bits per heavy atom. The van der Waals surface area contributed by atoms with Gasteiger partial charge in [0.25, 0.3) is 0 Å². The first-order valence-electron chi connectivity index (χ1n) is 5.57. The second-order valence-corrected chi connectivity index (χ2v) is 6.81. The van der Waals surface area contributed by atoms with E-state index in [2.05, 4.69) is 4.98 Å². The number of nitrogens with zero attached hydrogens (tertiary/aromatic N) is 2. The van der Waals surface area contributed by atoms with Crippen LogP contribution in [-0.2, 0) is 10.0 Å². The van der Waals surface area contributed by atoms with Gasteiger partial charge >= 0.3 is 0 Å². The average molecular weight is 256 g/mol. The van der Waals surface area contributed by atoms with Gasteiger partial charge in [-0.1, -0.05) is 6.07 Å². The van der Waals surface area contributed by atoms with Crippen molar-refractivity contribution in [2.75, 3.05) is 13.1 Å². The van der Waals surface area contributed by atoms with E-state index in [1.807, 2.05) is 12.1 Å². The second kappa shape index (κ2) is 4.62. The molecule has 0 atom stereocenters. The Bertz CT molecular complexity index is 467. The molecule has 0 radical (unpaired) electrons. The Hall–Kier alpha value is -1.14. The number of rotatable bonds is 4. The van der Waals surface area contributed by atoms with Gasteiger partial charge in [-0.25, -0.2) is 13.4 Å². The summed E-state index contributed by atoms with van der Waals surface area (Å²) in [6, 6.07) is 5.41. The maximum Gasteiger partial charge on any atom is 0.216 e. The van der Waals surface area contributed by atoms with Crippen LogP contribution >= 0.6 is 0 Å². The van der Waals surface area contributed by atoms with Crippen LogP contribution in [0.1, 0.15) is 13.8 Å². The first-order chi connectivity index (χ1) is 8.00. The number of hydrogen-bond acceptors (Lipinski definition) is 4. The van der Waals surface area contributed by atoms with Gasteiger partial charge in [-0.05, 0) is 19.9 Å². The van der Waals surface area contributed by atoms with Gasteiger partial charge in [0.15, 0.2) is 0 Å². The van der Waals surface area contributed by atoms with Gasteiger partial charge in [0.2, 0.25) is 15.9 Å². The first kappa shape index (κ1) is 12.3. The maximum absolute atomic E-state index is 11.8. The highest BCUT2D eigenvalue weighted by Crippen LogP contribution is 2.20. The Labute approximate surface area is 101 Å². The van der Waals surface area contributed by atoms with E-state index in [0.29, 0.717) is 19.0 Å². The molecule has 0 amide bonds. The first-order valence-corrected chi connectivity index (χ1v) is 7.07. The summed E-state index contributed by atoms with van der Waals surface area (Å²) in [5, 5.41) is -0.377. The van der Waals surface area contributed by atoms with Crippen molar-refractivity contribution >= 4 is 10.0 Å². The van der Waals surface area contributed by atoms with Crippen LogP contribution < -0.4 is 4.74 Å². The van der Waals surface area contributed by atoms with Gasteiger partial charge in [-0.3, -0.25) is 0 Å². The lowest BCUT2D eigenvalue weighted by molar-refractivity contribution is 0.0716. The topological polar surface area (TPSA) is 59.5 Å². The van der Waals surface area contributed by atoms with Gasteiger partial charge < -0.3 is 4.74 Å². The highest BCUT2D eigenvalue weighted by Gasteiger charge is 2.38. The van der Waals surface area contributed by atoms with E-state index in [4.69, 9.17) is 4.74 Å². The summed E-state index contributed by atoms with van der Waals surface area (Å²) in [5.41, 5.74) is 0. The minimum Gasteiger partial charge on any atom is -0.472 e. The van der Waals surface area contributed by atoms with Crippen LogP contribution in [0.5, 0.6) is 5.88 Å². The molecule has 1 aliphatic heterocycles. The highest BCUT2D eigenvalue weighted by atomic mass is 32.2. The van der Waals surface area contributed by atoms with E-state index in [-0.39, 0.29) is 11.4 Å². The van der Waals surface area contributed by atoms with E-state index in [0.717, 1.165) is 0 Å². The van der Waals surface area contributed by atoms with Gasteiger partial charge in [0.05, 0.1) is 18.3 Å². The summed E-state index contributed by atoms with van der Waals surface area (Å²) in [7, 11) is -3.13. The lowest BCUT2D eigenvalue weighted by atomic mass is 10.2. The SMILES string of the molecule is CC(C)S(=O)(=O)N1CC(Oc2ccccn2)C1. The van der Waals surface area contributed by atoms with Crippen LogP contribution in [0.2, 0.25) is 0 Å². The molecule has 1 saturated heterocycles. The van der Waals surface area contributed by atoms with Gasteiger partial charge in [0, 0.05) is 12.3 Å². The molecule has 0 bridgehead atoms. The molecule has 6 heteroatoms. The molecular formula is C11H16N2O3S. The molecule has 2 heterocycles. The molecule has 1 aromatic heterocycles. The number of ether oxygens (including phenoxy) is 1. The number of aromatic nitrogens is 1. The maximum atomic E-state index is 11.8. The van der Waals surface area contributed by atoms with Crippen LogP contribution in [0, 0.1) is 0 Å². The van der Waals surface area contributed by atoms with Crippen LogP contribution in [0.25, 0.3) is 0 Å². The molecule has 0 aromatic carbocycles. The third-order valence-corrected chi connectivity index (χ3v) is 4.90. The van der Waals surface area contributed by atoms with Crippen molar-refractivity contribution in [2.24, 2.45) is 0 Å². The summed E-state index contributed by atoms with van der Waals surface area (Å²) in [6.07, 6.45) is 1.56. The van der Waals surface area contributed by atoms with Gasteiger partial charge in [-0.2, -0.15) is 4.31 Å². The van der Waals surface area contributed by atoms with E-state index in [9.17, 15) is 8.42 Å². The third kappa shape index (κ3) is 2.58. The fourth-order valence-corrected chi connectivity index (χ4v) is 2.91. The lowest BCUT2D eigenvalue weighted by Gasteiger charge is -2.38. The fourth-order valence-electron chi connectivity index (χ4n) is 1.57. The van der Waals surface area contributed by atoms with Crippen LogP contribution in [-0.4, -0.2) is 42.2 Å². The largest absolute Gasteiger partial charge is 0.472 e. The van der Waals surface area contributed by atoms with Crippen molar-refractivity contribution < 1.29 is 13.2 Å². The van der Waals surface area contributed by atoms with E-state index in [1.165, 1.54) is 4.31 Å². The predicted octanol–water partition coefficient (Wildman–Crippen LogP) is 0.883. The minimum absolute atomic E-state index is 0.0848. The Balaban J connectivity index is 1.88. The van der Waals surface area contributed by atoms with Crippen LogP contribution in [0.3, 0.4) is 0 Å². The quantitative estimate of drug-likeness (QED) is 0.802. The molecule has 17 heavy (non-hydrogen) atoms. The van der Waals surface area contributed by atoms with E-state index >= 15 is 0 Å². The Kier molecular flexibility index (Phi) is 3.35. The smallest absolute Gasteiger partial charge is 0.216 e. The second-order valence-electron chi connectivity index (χ2n) is 4.32. The minimum atomic E-state index is -3.13. The summed E-state index contributed by atoms with van der Waals surface area (Å²) in [6.45, 7) is 4.19. The Morgan fingerprint density at radius 3 is 2.65 bits per heavy atom. The molecule has 2 rings (SSSR count). The Morgan fingerprint density at radius 1 is 1.41 bits per heavy atom. The lowest BCUT2D eigenvalue weighted by Crippen LogP contribution is -2.57. The highest BCUT2D eigenvalue weighted by molar-refractivity contribution is 7.89. The molecule has 0 aliphatic carbocycles. The van der Waals surface area contributed by atoms with Crippen LogP contribution in [0.15, 0.2) is 24.4 Å². The van der Waals surface area contributed by atoms with Gasteiger partial charge in [-0.15, -0.1) is 0 Å². The number of sulfonamides is 1. The van der Waals surface area contributed by atoms with Crippen molar-refractivity contribution in [3.63, 3.8) is 0 Å². The molecule has 5 nitrogen and oxygen atoms in total. The predicted molar refractivity (Wildman–Crippen MR) is 64.3 cm³/mol. The van der Waals surface area contributed by atoms with Gasteiger partial charge in [0.1, 0.15) is 6.10 Å². The van der Waals surface area contributed by atoms with Crippen molar-refractivity contribution in [3.8, 4) is 5.88 Å². The van der Waals surface area contributed by atoms with E-state index < -0.39 is 10.0 Å². The fraction of sp³-hybridized carbons (Fsp3) is 0.545. The van der Waals surface area contributed by atoms with E-state index in [1.54, 1.807) is 26.1 Å². The zero-order chi connectivity index (χ0) is 12.5. The van der Waals surface area contributed by atoms with Crippen LogP contribution in [0.4, 0.5) is 0 Å². The van der Waals surface area contributed by atoms with Crippen molar-refractivity contribution in [1.82, 2.24) is 9.29 Å². The van der Waals surface area contributed by atoms with Crippen molar-refractivity contribution in [3.05, 3.63) is 24.4 Å². The summed E-state index contributed by atoms with van der Waals surface area (Å²) >= 11 is 0. The molecule has 0 saturated carbocycles. The molecule has 0 spiro atoms. The molecule has 1 aromatic rings. The normalized spacial score (nSPS) is 18.1. The molecular weight excluding hydrogens is 240 g/mol. The van der Waals surface area contributed by atoms with Crippen molar-refractivity contribution in [2.45, 2.75) is 25.2 Å². The molecule has 94 valence electrons. The summed E-state index contributed by atoms with van der Waals surface area (Å²) < 4.78 is 30.5. The zero-order valence-electron chi connectivity index (χ0n) is 9.91. The molecule has 0 N–H and O–H groups in total. The number of pyridine rings is 1. The van der Waals surface area contributed by atoms with Crippen molar-refractivity contribution in [1.29, 1.82) is 0 Å². The monoisotopic (exact) mass is 256 g/mol. The zero-order valence-corrected chi connectivity index (χ0v) is 10.7. The number of hydrogen-bond donors (Lipinski definition) is 0. The average Bonchev–Trinajstić information content (AvgIpc) is 2.23. The molecule has 1 aliphatic rings. The third-order valence-electron chi connectivity index (χ3n) is 2.70. The standard InChI is InChI=1S/C11H16N2O3S/c1-9(2)17(14,15)13-7-10(8-13)16-11-5-3-4-6-12-11/h3-6,9-10H,7-8H2,1-2H3. The molecule has 1 fully saturated rings. The molecule has 0 unspecified atom stereocenters. The summed E-state index contributed by atoms with van der Waals surface area (Å²) in [4.78, 5) is 4.03.